The van der Waals surface area contributed by atoms with Gasteiger partial charge in [-0.2, -0.15) is 0 Å². The lowest BCUT2D eigenvalue weighted by molar-refractivity contribution is -0.135. The molecule has 3 N–H and O–H groups in total. The zero-order chi connectivity index (χ0) is 17.8. The monoisotopic (exact) mass is 316 g/mol. The fraction of sp³-hybridized carbons (Fsp3) is 0.286. The Labute approximate surface area is 141 Å². The number of nitrogens with zero attached hydrogens (tertiary/aromatic N) is 2. The fourth-order valence-electron chi connectivity index (χ4n) is 2.89. The van der Waals surface area contributed by atoms with Crippen LogP contribution in [0.15, 0.2) is 16.9 Å². The molecule has 10 heteroatoms. The van der Waals surface area contributed by atoms with E-state index in [1.54, 1.807) is 6.07 Å². The van der Waals surface area contributed by atoms with Gasteiger partial charge in [0.05, 0.1) is 26.6 Å². The Hall–Kier alpha value is -2.51. The van der Waals surface area contributed by atoms with Crippen LogP contribution in [-0.2, 0) is 9.59 Å². The van der Waals surface area contributed by atoms with E-state index in [1.807, 2.05) is 0 Å². The summed E-state index contributed by atoms with van der Waals surface area (Å²) in [7, 11) is 17.5. The molecule has 3 unspecified atom stereocenters. The van der Waals surface area contributed by atoms with Crippen LogP contribution in [0.25, 0.3) is 10.9 Å². The van der Waals surface area contributed by atoms with Gasteiger partial charge in [0.1, 0.15) is 19.7 Å². The summed E-state index contributed by atoms with van der Waals surface area (Å²) in [5.74, 6) is -3.41. The molecule has 1 fully saturated rings. The van der Waals surface area contributed by atoms with Gasteiger partial charge in [-0.3, -0.25) is 24.3 Å². The third kappa shape index (κ3) is 2.25. The number of nitrogens with one attached hydrogen (secondary N) is 1. The summed E-state index contributed by atoms with van der Waals surface area (Å²) in [5.41, 5.74) is 6.02. The lowest BCUT2D eigenvalue weighted by Crippen LogP contribution is -2.50. The predicted molar refractivity (Wildman–Crippen MR) is 91.7 cm³/mol. The predicted octanol–water partition coefficient (Wildman–Crippen LogP) is -1.81. The van der Waals surface area contributed by atoms with Gasteiger partial charge in [-0.15, -0.1) is 0 Å². The van der Waals surface area contributed by atoms with Crippen molar-refractivity contribution in [3.05, 3.63) is 28.3 Å². The van der Waals surface area contributed by atoms with E-state index >= 15 is 0 Å². The second-order valence-electron chi connectivity index (χ2n) is 5.70. The first kappa shape index (κ1) is 16.4. The molecular weight excluding hydrogens is 305 g/mol. The molecule has 3 rings (SSSR count). The van der Waals surface area contributed by atoms with Crippen molar-refractivity contribution in [2.24, 2.45) is 0 Å². The molecule has 0 saturated carbocycles. The average molecular weight is 316 g/mol. The Balaban J connectivity index is 2.31. The van der Waals surface area contributed by atoms with Crippen LogP contribution in [-0.4, -0.2) is 44.9 Å². The van der Waals surface area contributed by atoms with Crippen molar-refractivity contribution in [2.75, 3.05) is 5.73 Å². The average Bonchev–Trinajstić information content (AvgIpc) is 2.51. The normalized spacial score (nSPS) is 24.1. The molecule has 1 aromatic heterocycles. The number of piperidine rings is 1. The summed E-state index contributed by atoms with van der Waals surface area (Å²) < 4.78 is 1.10. The number of amides is 2. The standard InChI is InChI=1S/C14H11B3N4O3/c1-4-19-10-5(15)2-3-6(18)7(10)14(24)21(4)11-8(16)9(17)12(22)20-13(11)23/h2-3,8-9,11H,18H2,1H3,(H,20,22,23). The van der Waals surface area contributed by atoms with Gasteiger partial charge in [-0.25, -0.2) is 4.98 Å². The minimum absolute atomic E-state index is 0.0890. The number of aryl methyl sites for hydroxylation is 1. The van der Waals surface area contributed by atoms with E-state index in [4.69, 9.17) is 29.3 Å². The first-order valence-electron chi connectivity index (χ1n) is 7.16. The van der Waals surface area contributed by atoms with Crippen LogP contribution in [0.3, 0.4) is 0 Å². The van der Waals surface area contributed by atoms with Gasteiger partial charge in [0.2, 0.25) is 11.8 Å². The maximum Gasteiger partial charge on any atom is 0.264 e. The van der Waals surface area contributed by atoms with Crippen LogP contribution in [0, 0.1) is 6.92 Å². The van der Waals surface area contributed by atoms with E-state index in [2.05, 4.69) is 10.3 Å². The Morgan fingerprint density at radius 1 is 1.21 bits per heavy atom. The quantitative estimate of drug-likeness (QED) is 0.366. The molecule has 1 aromatic carbocycles. The molecule has 2 aromatic rings. The van der Waals surface area contributed by atoms with Gasteiger partial charge in [0.15, 0.2) is 0 Å². The lowest BCUT2D eigenvalue weighted by atomic mass is 9.61. The number of hydrogen-bond donors (Lipinski definition) is 2. The number of nitrogen functional groups attached to an aromatic ring is 1. The number of benzene rings is 1. The summed E-state index contributed by atoms with van der Waals surface area (Å²) in [6.45, 7) is 1.53. The van der Waals surface area contributed by atoms with Gasteiger partial charge in [0.25, 0.3) is 5.56 Å². The zero-order valence-corrected chi connectivity index (χ0v) is 12.8. The number of carbonyl (C=O) groups is 2. The van der Waals surface area contributed by atoms with Crippen molar-refractivity contribution >= 4 is 57.4 Å². The first-order chi connectivity index (χ1) is 11.2. The molecule has 1 saturated heterocycles. The molecule has 7 nitrogen and oxygen atoms in total. The Kier molecular flexibility index (Phi) is 3.78. The highest BCUT2D eigenvalue weighted by Gasteiger charge is 2.40. The molecule has 2 amide bonds. The number of hydrogen-bond acceptors (Lipinski definition) is 5. The van der Waals surface area contributed by atoms with Crippen LogP contribution in [0.4, 0.5) is 5.69 Å². The number of imide groups is 1. The number of anilines is 1. The molecule has 0 spiro atoms. The summed E-state index contributed by atoms with van der Waals surface area (Å²) in [6.07, 6.45) is 0. The molecule has 1 aliphatic rings. The van der Waals surface area contributed by atoms with Crippen molar-refractivity contribution in [1.29, 1.82) is 0 Å². The highest BCUT2D eigenvalue weighted by Crippen LogP contribution is 2.34. The number of nitrogens with two attached hydrogens (primary N) is 1. The summed E-state index contributed by atoms with van der Waals surface area (Å²) in [5, 5.41) is 2.20. The van der Waals surface area contributed by atoms with Crippen molar-refractivity contribution in [2.45, 2.75) is 24.6 Å². The van der Waals surface area contributed by atoms with Crippen LogP contribution >= 0.6 is 0 Å². The number of aromatic nitrogens is 2. The molecule has 0 bridgehead atoms. The minimum atomic E-state index is -1.18. The van der Waals surface area contributed by atoms with E-state index in [-0.39, 0.29) is 27.9 Å². The minimum Gasteiger partial charge on any atom is -0.398 e. The van der Waals surface area contributed by atoms with Crippen LogP contribution < -0.4 is 22.1 Å². The van der Waals surface area contributed by atoms with Gasteiger partial charge < -0.3 is 5.73 Å². The SMILES string of the molecule is [B]c1ccc(N)c2c(=O)n(C3C(=O)NC(=O)C([B])C3[B])c(C)nc12. The van der Waals surface area contributed by atoms with Crippen molar-refractivity contribution in [1.82, 2.24) is 14.9 Å². The molecule has 24 heavy (non-hydrogen) atoms. The Morgan fingerprint density at radius 3 is 2.54 bits per heavy atom. The maximum absolute atomic E-state index is 12.9. The van der Waals surface area contributed by atoms with Crippen molar-refractivity contribution in [3.8, 4) is 0 Å². The number of carbonyl (C=O) groups excluding carboxylic acids is 2. The highest BCUT2D eigenvalue weighted by atomic mass is 16.2. The Bertz CT molecular complexity index is 943. The Morgan fingerprint density at radius 2 is 1.88 bits per heavy atom. The summed E-state index contributed by atoms with van der Waals surface area (Å²) >= 11 is 0. The van der Waals surface area contributed by atoms with Crippen molar-refractivity contribution < 1.29 is 9.59 Å². The zero-order valence-electron chi connectivity index (χ0n) is 12.8. The van der Waals surface area contributed by atoms with Crippen LogP contribution in [0.5, 0.6) is 0 Å². The van der Waals surface area contributed by atoms with Crippen LogP contribution in [0.1, 0.15) is 11.9 Å². The topological polar surface area (TPSA) is 107 Å². The fourth-order valence-corrected chi connectivity index (χ4v) is 2.89. The first-order valence-corrected chi connectivity index (χ1v) is 7.16. The summed E-state index contributed by atoms with van der Waals surface area (Å²) in [4.78, 5) is 41.0. The smallest absolute Gasteiger partial charge is 0.264 e. The molecule has 1 aliphatic heterocycles. The van der Waals surface area contributed by atoms with E-state index in [0.717, 1.165) is 4.57 Å². The third-order valence-corrected chi connectivity index (χ3v) is 4.17. The molecular formula is C14H11B3N4O3. The largest absolute Gasteiger partial charge is 0.398 e. The van der Waals surface area contributed by atoms with Gasteiger partial charge >= 0.3 is 0 Å². The second kappa shape index (κ2) is 5.54. The lowest BCUT2D eigenvalue weighted by Gasteiger charge is -2.34. The molecule has 2 heterocycles. The van der Waals surface area contributed by atoms with E-state index < -0.39 is 35.0 Å². The van der Waals surface area contributed by atoms with Gasteiger partial charge in [-0.05, 0) is 24.6 Å². The third-order valence-electron chi connectivity index (χ3n) is 4.17. The maximum atomic E-state index is 12.9. The van der Waals surface area contributed by atoms with Crippen molar-refractivity contribution in [3.63, 3.8) is 0 Å². The highest BCUT2D eigenvalue weighted by molar-refractivity contribution is 6.38. The van der Waals surface area contributed by atoms with Crippen LogP contribution in [0.2, 0.25) is 11.6 Å². The number of fused-ring (bicyclic) bond motifs is 1. The second-order valence-corrected chi connectivity index (χ2v) is 5.70. The van der Waals surface area contributed by atoms with Gasteiger partial charge in [-0.1, -0.05) is 11.5 Å². The van der Waals surface area contributed by atoms with E-state index in [0.29, 0.717) is 0 Å². The molecule has 6 radical (unpaired) electrons. The van der Waals surface area contributed by atoms with E-state index in [1.165, 1.54) is 13.0 Å². The number of rotatable bonds is 1. The summed E-state index contributed by atoms with van der Waals surface area (Å²) in [6, 6.07) is 1.85. The molecule has 114 valence electrons. The molecule has 3 atom stereocenters. The van der Waals surface area contributed by atoms with Gasteiger partial charge in [0, 0.05) is 5.69 Å². The van der Waals surface area contributed by atoms with E-state index in [9.17, 15) is 14.4 Å². The molecule has 0 aliphatic carbocycles.